The Labute approximate surface area is 127 Å². The van der Waals surface area contributed by atoms with E-state index < -0.39 is 0 Å². The standard InChI is InChI=1S/C20H34/c1-17(2)11-5-7-13-19-15-9-10-16-20(19)14-8-6-12-18(3)4/h9-10,15-18H,5-8,11-14H2,1-4H3. The van der Waals surface area contributed by atoms with Gasteiger partial charge in [0.15, 0.2) is 0 Å². The Balaban J connectivity index is 2.34. The summed E-state index contributed by atoms with van der Waals surface area (Å²) in [6, 6.07) is 9.09. The molecule has 0 atom stereocenters. The molecule has 0 nitrogen and oxygen atoms in total. The first-order valence-electron chi connectivity index (χ1n) is 8.66. The smallest absolute Gasteiger partial charge is 0.0276 e. The Morgan fingerprint density at radius 2 is 1.05 bits per heavy atom. The summed E-state index contributed by atoms with van der Waals surface area (Å²) in [6.07, 6.45) is 10.7. The Morgan fingerprint density at radius 1 is 0.650 bits per heavy atom. The van der Waals surface area contributed by atoms with Crippen molar-refractivity contribution in [3.63, 3.8) is 0 Å². The van der Waals surface area contributed by atoms with Crippen LogP contribution in [0.1, 0.15) is 77.3 Å². The number of hydrogen-bond acceptors (Lipinski definition) is 0. The second kappa shape index (κ2) is 10.0. The van der Waals surface area contributed by atoms with Gasteiger partial charge in [0.25, 0.3) is 0 Å². The second-order valence-corrected chi connectivity index (χ2v) is 7.05. The van der Waals surface area contributed by atoms with E-state index in [9.17, 15) is 0 Å². The van der Waals surface area contributed by atoms with Crippen LogP contribution in [-0.4, -0.2) is 0 Å². The molecular formula is C20H34. The molecule has 0 amide bonds. The topological polar surface area (TPSA) is 0 Å². The minimum atomic E-state index is 0.848. The van der Waals surface area contributed by atoms with E-state index in [0.717, 1.165) is 11.8 Å². The minimum absolute atomic E-state index is 0.848. The fraction of sp³-hybridized carbons (Fsp3) is 0.700. The van der Waals surface area contributed by atoms with Gasteiger partial charge in [0.05, 0.1) is 0 Å². The fourth-order valence-corrected chi connectivity index (χ4v) is 2.78. The van der Waals surface area contributed by atoms with Gasteiger partial charge in [-0.05, 0) is 48.6 Å². The molecule has 114 valence electrons. The molecule has 0 heterocycles. The average Bonchev–Trinajstić information content (AvgIpc) is 2.40. The highest BCUT2D eigenvalue weighted by molar-refractivity contribution is 5.27. The van der Waals surface area contributed by atoms with Gasteiger partial charge in [-0.15, -0.1) is 0 Å². The summed E-state index contributed by atoms with van der Waals surface area (Å²) in [6.45, 7) is 9.29. The van der Waals surface area contributed by atoms with Crippen molar-refractivity contribution in [2.24, 2.45) is 11.8 Å². The normalized spacial score (nSPS) is 11.5. The number of aryl methyl sites for hydroxylation is 2. The summed E-state index contributed by atoms with van der Waals surface area (Å²) in [5.41, 5.74) is 3.20. The Hall–Kier alpha value is -0.780. The lowest BCUT2D eigenvalue weighted by atomic mass is 9.95. The molecule has 0 saturated carbocycles. The lowest BCUT2D eigenvalue weighted by Crippen LogP contribution is -1.97. The zero-order valence-corrected chi connectivity index (χ0v) is 14.1. The van der Waals surface area contributed by atoms with Crippen LogP contribution in [0, 0.1) is 11.8 Å². The number of hydrogen-bond donors (Lipinski definition) is 0. The van der Waals surface area contributed by atoms with Crippen molar-refractivity contribution in [3.05, 3.63) is 35.4 Å². The summed E-state index contributed by atoms with van der Waals surface area (Å²) in [4.78, 5) is 0. The summed E-state index contributed by atoms with van der Waals surface area (Å²) in [5, 5.41) is 0. The van der Waals surface area contributed by atoms with Crippen LogP contribution in [-0.2, 0) is 12.8 Å². The third kappa shape index (κ3) is 7.72. The maximum Gasteiger partial charge on any atom is -0.0276 e. The van der Waals surface area contributed by atoms with Gasteiger partial charge < -0.3 is 0 Å². The van der Waals surface area contributed by atoms with Crippen molar-refractivity contribution in [1.82, 2.24) is 0 Å². The second-order valence-electron chi connectivity index (χ2n) is 7.05. The molecule has 0 radical (unpaired) electrons. The maximum atomic E-state index is 2.34. The minimum Gasteiger partial charge on any atom is -0.0628 e. The van der Waals surface area contributed by atoms with E-state index in [-0.39, 0.29) is 0 Å². The van der Waals surface area contributed by atoms with E-state index in [1.165, 1.54) is 51.4 Å². The van der Waals surface area contributed by atoms with Gasteiger partial charge in [0.2, 0.25) is 0 Å². The van der Waals surface area contributed by atoms with Crippen LogP contribution in [0.5, 0.6) is 0 Å². The molecule has 1 aromatic carbocycles. The summed E-state index contributed by atoms with van der Waals surface area (Å²) >= 11 is 0. The van der Waals surface area contributed by atoms with E-state index >= 15 is 0 Å². The average molecular weight is 274 g/mol. The summed E-state index contributed by atoms with van der Waals surface area (Å²) in [7, 11) is 0. The predicted molar refractivity (Wildman–Crippen MR) is 91.2 cm³/mol. The lowest BCUT2D eigenvalue weighted by molar-refractivity contribution is 0.533. The molecule has 0 N–H and O–H groups in total. The molecule has 0 aliphatic rings. The number of rotatable bonds is 10. The molecule has 0 fully saturated rings. The molecule has 0 bridgehead atoms. The summed E-state index contributed by atoms with van der Waals surface area (Å²) < 4.78 is 0. The molecule has 0 aliphatic carbocycles. The van der Waals surface area contributed by atoms with Crippen molar-refractivity contribution >= 4 is 0 Å². The van der Waals surface area contributed by atoms with Crippen LogP contribution in [0.4, 0.5) is 0 Å². The first kappa shape index (κ1) is 17.3. The molecule has 0 saturated heterocycles. The molecule has 0 aromatic heterocycles. The highest BCUT2D eigenvalue weighted by Gasteiger charge is 2.03. The van der Waals surface area contributed by atoms with Crippen molar-refractivity contribution in [2.75, 3.05) is 0 Å². The van der Waals surface area contributed by atoms with Crippen molar-refractivity contribution < 1.29 is 0 Å². The third-order valence-corrected chi connectivity index (χ3v) is 4.07. The fourth-order valence-electron chi connectivity index (χ4n) is 2.78. The highest BCUT2D eigenvalue weighted by atomic mass is 14.1. The van der Waals surface area contributed by atoms with Crippen LogP contribution in [0.2, 0.25) is 0 Å². The largest absolute Gasteiger partial charge is 0.0628 e. The van der Waals surface area contributed by atoms with Crippen molar-refractivity contribution in [1.29, 1.82) is 0 Å². The first-order chi connectivity index (χ1) is 9.59. The molecule has 1 aromatic rings. The Morgan fingerprint density at radius 3 is 1.40 bits per heavy atom. The number of unbranched alkanes of at least 4 members (excludes halogenated alkanes) is 2. The molecule has 0 aliphatic heterocycles. The van der Waals surface area contributed by atoms with E-state index in [4.69, 9.17) is 0 Å². The predicted octanol–water partition coefficient (Wildman–Crippen LogP) is 6.42. The van der Waals surface area contributed by atoms with Gasteiger partial charge in [-0.1, -0.05) is 77.6 Å². The van der Waals surface area contributed by atoms with Crippen molar-refractivity contribution in [3.8, 4) is 0 Å². The Kier molecular flexibility index (Phi) is 8.65. The van der Waals surface area contributed by atoms with Crippen LogP contribution in [0.3, 0.4) is 0 Å². The van der Waals surface area contributed by atoms with Gasteiger partial charge in [-0.2, -0.15) is 0 Å². The zero-order chi connectivity index (χ0) is 14.8. The molecule has 0 heteroatoms. The lowest BCUT2D eigenvalue weighted by Gasteiger charge is -2.11. The van der Waals surface area contributed by atoms with E-state index in [0.29, 0.717) is 0 Å². The van der Waals surface area contributed by atoms with E-state index in [1.807, 2.05) is 0 Å². The van der Waals surface area contributed by atoms with Crippen molar-refractivity contribution in [2.45, 2.75) is 79.1 Å². The van der Waals surface area contributed by atoms with Crippen LogP contribution in [0.25, 0.3) is 0 Å². The van der Waals surface area contributed by atoms with Gasteiger partial charge in [-0.25, -0.2) is 0 Å². The first-order valence-corrected chi connectivity index (χ1v) is 8.66. The van der Waals surface area contributed by atoms with Gasteiger partial charge in [-0.3, -0.25) is 0 Å². The third-order valence-electron chi connectivity index (χ3n) is 4.07. The maximum absolute atomic E-state index is 2.34. The SMILES string of the molecule is CC(C)CCCCc1ccccc1CCCCC(C)C. The zero-order valence-electron chi connectivity index (χ0n) is 14.1. The molecule has 0 spiro atoms. The monoisotopic (exact) mass is 274 g/mol. The molecule has 0 unspecified atom stereocenters. The molecule has 1 rings (SSSR count). The quantitative estimate of drug-likeness (QED) is 0.432. The van der Waals surface area contributed by atoms with Crippen LogP contribution in [0.15, 0.2) is 24.3 Å². The summed E-state index contributed by atoms with van der Waals surface area (Å²) in [5.74, 6) is 1.70. The molecule has 20 heavy (non-hydrogen) atoms. The van der Waals surface area contributed by atoms with Gasteiger partial charge in [0.1, 0.15) is 0 Å². The van der Waals surface area contributed by atoms with Crippen LogP contribution >= 0.6 is 0 Å². The van der Waals surface area contributed by atoms with Crippen LogP contribution < -0.4 is 0 Å². The van der Waals surface area contributed by atoms with E-state index in [1.54, 1.807) is 11.1 Å². The molecular weight excluding hydrogens is 240 g/mol. The Bertz CT molecular complexity index is 314. The van der Waals surface area contributed by atoms with E-state index in [2.05, 4.69) is 52.0 Å². The highest BCUT2D eigenvalue weighted by Crippen LogP contribution is 2.17. The number of benzene rings is 1. The van der Waals surface area contributed by atoms with Gasteiger partial charge in [0, 0.05) is 0 Å². The van der Waals surface area contributed by atoms with Gasteiger partial charge >= 0.3 is 0 Å².